The van der Waals surface area contributed by atoms with Crippen LogP contribution in [0.25, 0.3) is 0 Å². The van der Waals surface area contributed by atoms with Gasteiger partial charge >= 0.3 is 5.97 Å². The summed E-state index contributed by atoms with van der Waals surface area (Å²) in [6.07, 6.45) is 6.00. The van der Waals surface area contributed by atoms with E-state index in [2.05, 4.69) is 30.2 Å². The highest BCUT2D eigenvalue weighted by atomic mass is 16.4. The summed E-state index contributed by atoms with van der Waals surface area (Å²) in [7, 11) is 0. The van der Waals surface area contributed by atoms with Crippen LogP contribution >= 0.6 is 0 Å². The van der Waals surface area contributed by atoms with Gasteiger partial charge in [0, 0.05) is 13.1 Å². The molecule has 0 saturated carbocycles. The molecule has 1 aliphatic carbocycles. The molecular formula is C22H27N3O3. The Kier molecular flexibility index (Phi) is 4.73. The van der Waals surface area contributed by atoms with Crippen molar-refractivity contribution in [1.82, 2.24) is 14.7 Å². The van der Waals surface area contributed by atoms with Crippen molar-refractivity contribution in [2.75, 3.05) is 13.1 Å². The van der Waals surface area contributed by atoms with Crippen molar-refractivity contribution in [1.29, 1.82) is 0 Å². The number of hydrogen-bond acceptors (Lipinski definition) is 3. The summed E-state index contributed by atoms with van der Waals surface area (Å²) in [6.45, 7) is 5.26. The number of rotatable bonds is 3. The van der Waals surface area contributed by atoms with Gasteiger partial charge in [0.05, 0.1) is 23.3 Å². The molecule has 28 heavy (non-hydrogen) atoms. The van der Waals surface area contributed by atoms with Crippen molar-refractivity contribution in [3.63, 3.8) is 0 Å². The molecule has 1 amide bonds. The van der Waals surface area contributed by atoms with Crippen molar-refractivity contribution in [2.45, 2.75) is 57.4 Å². The van der Waals surface area contributed by atoms with Gasteiger partial charge in [-0.25, -0.2) is 4.79 Å². The standard InChI is InChI=1S/C22H27N3O3/c1-15-18(20(26)27)14-23-25(15)17-9-12-24(13-10-17)21(28)22(2)11-5-7-16-6-3-4-8-19(16)22/h3-4,6,8,14,17H,5,7,9-13H2,1-2H3,(H,26,27). The number of carboxylic acid groups (broad SMARTS) is 1. The molecule has 1 aliphatic heterocycles. The predicted molar refractivity (Wildman–Crippen MR) is 106 cm³/mol. The molecule has 6 heteroatoms. The highest BCUT2D eigenvalue weighted by Gasteiger charge is 2.42. The molecule has 1 atom stereocenters. The van der Waals surface area contributed by atoms with E-state index >= 15 is 0 Å². The molecule has 0 radical (unpaired) electrons. The van der Waals surface area contributed by atoms with Crippen LogP contribution in [-0.4, -0.2) is 44.8 Å². The highest BCUT2D eigenvalue weighted by Crippen LogP contribution is 2.39. The first-order valence-electron chi connectivity index (χ1n) is 10.1. The molecule has 0 bridgehead atoms. The molecule has 1 fully saturated rings. The first-order valence-corrected chi connectivity index (χ1v) is 10.1. The van der Waals surface area contributed by atoms with Gasteiger partial charge in [0.2, 0.25) is 5.91 Å². The Hall–Kier alpha value is -2.63. The zero-order valence-corrected chi connectivity index (χ0v) is 16.5. The molecule has 0 spiro atoms. The molecule has 2 aliphatic rings. The zero-order valence-electron chi connectivity index (χ0n) is 16.5. The summed E-state index contributed by atoms with van der Waals surface area (Å²) in [6, 6.07) is 8.48. The number of aryl methyl sites for hydroxylation is 1. The number of benzene rings is 1. The number of hydrogen-bond donors (Lipinski definition) is 1. The Morgan fingerprint density at radius 2 is 1.93 bits per heavy atom. The van der Waals surface area contributed by atoms with Crippen molar-refractivity contribution >= 4 is 11.9 Å². The lowest BCUT2D eigenvalue weighted by Crippen LogP contribution is -2.49. The van der Waals surface area contributed by atoms with Gasteiger partial charge in [-0.3, -0.25) is 9.48 Å². The van der Waals surface area contributed by atoms with E-state index in [1.807, 2.05) is 15.6 Å². The first-order chi connectivity index (χ1) is 13.4. The Labute approximate surface area is 165 Å². The van der Waals surface area contributed by atoms with Crippen molar-refractivity contribution in [3.8, 4) is 0 Å². The summed E-state index contributed by atoms with van der Waals surface area (Å²) in [5.74, 6) is -0.721. The SMILES string of the molecule is Cc1c(C(=O)O)cnn1C1CCN(C(=O)C2(C)CCCc3ccccc32)CC1. The molecule has 2 aromatic rings. The molecule has 148 valence electrons. The van der Waals surface area contributed by atoms with E-state index in [1.54, 1.807) is 6.92 Å². The van der Waals surface area contributed by atoms with Crippen LogP contribution in [0.4, 0.5) is 0 Å². The minimum absolute atomic E-state index is 0.142. The van der Waals surface area contributed by atoms with E-state index in [-0.39, 0.29) is 17.5 Å². The molecule has 1 saturated heterocycles. The maximum Gasteiger partial charge on any atom is 0.339 e. The Morgan fingerprint density at radius 3 is 2.61 bits per heavy atom. The number of carbonyl (C=O) groups is 2. The fourth-order valence-electron chi connectivity index (χ4n) is 4.93. The third kappa shape index (κ3) is 3.01. The van der Waals surface area contributed by atoms with E-state index in [4.69, 9.17) is 0 Å². The van der Waals surface area contributed by atoms with Crippen LogP contribution in [0.1, 0.15) is 65.8 Å². The summed E-state index contributed by atoms with van der Waals surface area (Å²) in [4.78, 5) is 26.7. The van der Waals surface area contributed by atoms with E-state index in [1.165, 1.54) is 17.3 Å². The molecule has 1 aromatic heterocycles. The molecule has 1 unspecified atom stereocenters. The third-order valence-electron chi connectivity index (χ3n) is 6.58. The van der Waals surface area contributed by atoms with Crippen LogP contribution in [0.5, 0.6) is 0 Å². The number of amides is 1. The lowest BCUT2D eigenvalue weighted by molar-refractivity contribution is -0.138. The fourth-order valence-corrected chi connectivity index (χ4v) is 4.93. The van der Waals surface area contributed by atoms with Crippen LogP contribution in [0.2, 0.25) is 0 Å². The summed E-state index contributed by atoms with van der Waals surface area (Å²) in [5, 5.41) is 13.5. The van der Waals surface area contributed by atoms with Gasteiger partial charge in [0.1, 0.15) is 5.56 Å². The topological polar surface area (TPSA) is 75.4 Å². The fraction of sp³-hybridized carbons (Fsp3) is 0.500. The van der Waals surface area contributed by atoms with Crippen LogP contribution < -0.4 is 0 Å². The number of carboxylic acids is 1. The minimum Gasteiger partial charge on any atom is -0.478 e. The second kappa shape index (κ2) is 7.08. The van der Waals surface area contributed by atoms with Gasteiger partial charge in [0.25, 0.3) is 0 Å². The zero-order chi connectivity index (χ0) is 19.9. The molecule has 1 aromatic carbocycles. The number of carbonyl (C=O) groups excluding carboxylic acids is 1. The molecule has 1 N–H and O–H groups in total. The van der Waals surface area contributed by atoms with Crippen LogP contribution in [0.15, 0.2) is 30.5 Å². The maximum atomic E-state index is 13.5. The monoisotopic (exact) mass is 381 g/mol. The van der Waals surface area contributed by atoms with E-state index in [0.717, 1.165) is 32.1 Å². The largest absolute Gasteiger partial charge is 0.478 e. The van der Waals surface area contributed by atoms with Crippen molar-refractivity contribution in [3.05, 3.63) is 52.8 Å². The molecule has 6 nitrogen and oxygen atoms in total. The Balaban J connectivity index is 1.49. The highest BCUT2D eigenvalue weighted by molar-refractivity contribution is 5.89. The molecular weight excluding hydrogens is 354 g/mol. The average molecular weight is 381 g/mol. The maximum absolute atomic E-state index is 13.5. The van der Waals surface area contributed by atoms with E-state index in [0.29, 0.717) is 18.8 Å². The number of aromatic nitrogens is 2. The second-order valence-electron chi connectivity index (χ2n) is 8.26. The number of likely N-dealkylation sites (tertiary alicyclic amines) is 1. The van der Waals surface area contributed by atoms with Crippen molar-refractivity contribution < 1.29 is 14.7 Å². The van der Waals surface area contributed by atoms with Gasteiger partial charge in [-0.1, -0.05) is 24.3 Å². The van der Waals surface area contributed by atoms with E-state index in [9.17, 15) is 14.7 Å². The minimum atomic E-state index is -0.944. The van der Waals surface area contributed by atoms with E-state index < -0.39 is 11.4 Å². The normalized spacial score (nSPS) is 22.7. The number of piperidine rings is 1. The Bertz CT molecular complexity index is 912. The quantitative estimate of drug-likeness (QED) is 0.885. The number of aromatic carboxylic acids is 1. The van der Waals surface area contributed by atoms with Gasteiger partial charge in [-0.05, 0) is 57.1 Å². The summed E-state index contributed by atoms with van der Waals surface area (Å²) < 4.78 is 1.82. The van der Waals surface area contributed by atoms with Crippen LogP contribution in [0.3, 0.4) is 0 Å². The van der Waals surface area contributed by atoms with Crippen LogP contribution in [-0.2, 0) is 16.6 Å². The van der Waals surface area contributed by atoms with Crippen LogP contribution in [0, 0.1) is 6.92 Å². The smallest absolute Gasteiger partial charge is 0.339 e. The predicted octanol–water partition coefficient (Wildman–Crippen LogP) is 3.35. The third-order valence-corrected chi connectivity index (χ3v) is 6.58. The lowest BCUT2D eigenvalue weighted by Gasteiger charge is -2.41. The molecule has 4 rings (SSSR count). The lowest BCUT2D eigenvalue weighted by atomic mass is 9.70. The Morgan fingerprint density at radius 1 is 1.21 bits per heavy atom. The van der Waals surface area contributed by atoms with Gasteiger partial charge in [0.15, 0.2) is 0 Å². The van der Waals surface area contributed by atoms with Gasteiger partial charge in [-0.2, -0.15) is 5.10 Å². The number of nitrogens with zero attached hydrogens (tertiary/aromatic N) is 3. The van der Waals surface area contributed by atoms with Gasteiger partial charge < -0.3 is 10.0 Å². The summed E-state index contributed by atoms with van der Waals surface area (Å²) >= 11 is 0. The van der Waals surface area contributed by atoms with Crippen molar-refractivity contribution in [2.24, 2.45) is 0 Å². The first kappa shape index (κ1) is 18.7. The number of fused-ring (bicyclic) bond motifs is 1. The molecule has 2 heterocycles. The summed E-state index contributed by atoms with van der Waals surface area (Å²) in [5.41, 5.74) is 2.98. The van der Waals surface area contributed by atoms with Gasteiger partial charge in [-0.15, -0.1) is 0 Å². The average Bonchev–Trinajstić information content (AvgIpc) is 3.09. The second-order valence-corrected chi connectivity index (χ2v) is 8.26.